The lowest BCUT2D eigenvalue weighted by Gasteiger charge is -2.18. The number of aromatic nitrogens is 2. The molecule has 0 radical (unpaired) electrons. The van der Waals surface area contributed by atoms with Gasteiger partial charge in [-0.05, 0) is 30.3 Å². The van der Waals surface area contributed by atoms with E-state index in [1.807, 2.05) is 24.3 Å². The van der Waals surface area contributed by atoms with Gasteiger partial charge < -0.3 is 4.74 Å². The second-order valence-electron chi connectivity index (χ2n) is 5.94. The first-order valence-corrected chi connectivity index (χ1v) is 10.1. The van der Waals surface area contributed by atoms with Crippen molar-refractivity contribution in [2.24, 2.45) is 0 Å². The summed E-state index contributed by atoms with van der Waals surface area (Å²) in [5, 5.41) is 11.4. The number of nitro groups is 1. The van der Waals surface area contributed by atoms with Crippen LogP contribution in [0.1, 0.15) is 15.4 Å². The van der Waals surface area contributed by atoms with Gasteiger partial charge in [0.2, 0.25) is 0 Å². The highest BCUT2D eigenvalue weighted by Gasteiger charge is 2.25. The molecule has 29 heavy (non-hydrogen) atoms. The minimum absolute atomic E-state index is 0.0832. The van der Waals surface area contributed by atoms with Gasteiger partial charge in [0.05, 0.1) is 39.4 Å². The third-order valence-electron chi connectivity index (χ3n) is 4.09. The summed E-state index contributed by atoms with van der Waals surface area (Å²) in [6.45, 7) is 0.197. The lowest BCUT2D eigenvalue weighted by Crippen LogP contribution is -2.30. The molecule has 10 heteroatoms. The number of nitrogens with zero attached hydrogens (tertiary/aromatic N) is 4. The number of benzene rings is 1. The van der Waals surface area contributed by atoms with Crippen molar-refractivity contribution >= 4 is 48.9 Å². The van der Waals surface area contributed by atoms with Crippen LogP contribution in [0.15, 0.2) is 54.7 Å². The predicted molar refractivity (Wildman–Crippen MR) is 112 cm³/mol. The van der Waals surface area contributed by atoms with Gasteiger partial charge in [-0.3, -0.25) is 24.8 Å². The maximum Gasteiger partial charge on any atom is 0.324 e. The molecule has 0 atom stereocenters. The molecule has 3 aromatic heterocycles. The number of pyridine rings is 1. The minimum Gasteiger partial charge on any atom is -0.497 e. The van der Waals surface area contributed by atoms with Gasteiger partial charge in [0.25, 0.3) is 5.91 Å². The van der Waals surface area contributed by atoms with E-state index < -0.39 is 4.92 Å². The van der Waals surface area contributed by atoms with Gasteiger partial charge in [-0.2, -0.15) is 0 Å². The quantitative estimate of drug-likeness (QED) is 0.332. The number of thiophene rings is 1. The van der Waals surface area contributed by atoms with Gasteiger partial charge in [-0.1, -0.05) is 28.7 Å². The third-order valence-corrected chi connectivity index (χ3v) is 6.17. The monoisotopic (exact) mass is 426 g/mol. The van der Waals surface area contributed by atoms with Crippen LogP contribution in [0, 0.1) is 10.1 Å². The molecule has 0 aliphatic rings. The maximum absolute atomic E-state index is 13.2. The van der Waals surface area contributed by atoms with Crippen molar-refractivity contribution in [3.05, 3.63) is 75.4 Å². The number of anilines is 1. The van der Waals surface area contributed by atoms with E-state index in [2.05, 4.69) is 9.97 Å². The molecular formula is C19H14N4O4S2. The molecule has 0 saturated heterocycles. The summed E-state index contributed by atoms with van der Waals surface area (Å²) in [4.78, 5) is 34.4. The maximum atomic E-state index is 13.2. The topological polar surface area (TPSA) is 98.5 Å². The Kier molecular flexibility index (Phi) is 5.19. The number of hydrogen-bond acceptors (Lipinski definition) is 8. The molecule has 1 amide bonds. The van der Waals surface area contributed by atoms with Gasteiger partial charge in [0.15, 0.2) is 5.13 Å². The number of hydrogen-bond donors (Lipinski definition) is 0. The van der Waals surface area contributed by atoms with Crippen LogP contribution in [0.4, 0.5) is 10.1 Å². The van der Waals surface area contributed by atoms with Crippen LogP contribution < -0.4 is 9.64 Å². The number of thiazole rings is 1. The Hall–Kier alpha value is -3.37. The standard InChI is InChI=1S/C19H14N4O4S2/c1-27-13-5-6-15-14(10-13)21-19(29-15)22(11-12-4-2-3-9-20-12)18(24)16-7-8-17(28-16)23(25)26/h2-10H,11H2,1H3. The van der Waals surface area contributed by atoms with Crippen molar-refractivity contribution in [3.8, 4) is 5.75 Å². The van der Waals surface area contributed by atoms with Crippen LogP contribution in [0.25, 0.3) is 10.2 Å². The number of fused-ring (bicyclic) bond motifs is 1. The second-order valence-corrected chi connectivity index (χ2v) is 8.01. The average Bonchev–Trinajstić information content (AvgIpc) is 3.39. The zero-order valence-electron chi connectivity index (χ0n) is 15.1. The summed E-state index contributed by atoms with van der Waals surface area (Å²) in [5.41, 5.74) is 1.39. The molecule has 4 aromatic rings. The van der Waals surface area contributed by atoms with E-state index >= 15 is 0 Å². The largest absolute Gasteiger partial charge is 0.497 e. The molecule has 146 valence electrons. The summed E-state index contributed by atoms with van der Waals surface area (Å²) < 4.78 is 6.14. The third kappa shape index (κ3) is 3.93. The Bertz CT molecular complexity index is 1190. The molecule has 4 rings (SSSR count). The summed E-state index contributed by atoms with van der Waals surface area (Å²) in [5.74, 6) is 0.311. The highest BCUT2D eigenvalue weighted by molar-refractivity contribution is 7.22. The molecular weight excluding hydrogens is 412 g/mol. The number of amides is 1. The molecule has 1 aromatic carbocycles. The molecule has 0 saturated carbocycles. The van der Waals surface area contributed by atoms with Crippen molar-refractivity contribution in [2.75, 3.05) is 12.0 Å². The highest BCUT2D eigenvalue weighted by atomic mass is 32.1. The Labute approximate surface area is 173 Å². The summed E-state index contributed by atoms with van der Waals surface area (Å²) in [6, 6.07) is 13.8. The van der Waals surface area contributed by atoms with E-state index in [0.29, 0.717) is 22.1 Å². The lowest BCUT2D eigenvalue weighted by atomic mass is 10.3. The van der Waals surface area contributed by atoms with Crippen molar-refractivity contribution < 1.29 is 14.5 Å². The predicted octanol–water partition coefficient (Wildman–Crippen LogP) is 4.52. The van der Waals surface area contributed by atoms with Gasteiger partial charge >= 0.3 is 5.00 Å². The average molecular weight is 426 g/mol. The zero-order chi connectivity index (χ0) is 20.4. The van der Waals surface area contributed by atoms with E-state index in [1.54, 1.807) is 25.4 Å². The van der Waals surface area contributed by atoms with E-state index in [-0.39, 0.29) is 22.3 Å². The molecule has 0 N–H and O–H groups in total. The summed E-state index contributed by atoms with van der Waals surface area (Å²) in [7, 11) is 1.58. The smallest absolute Gasteiger partial charge is 0.324 e. The van der Waals surface area contributed by atoms with Gasteiger partial charge in [-0.15, -0.1) is 0 Å². The number of methoxy groups -OCH3 is 1. The van der Waals surface area contributed by atoms with Crippen LogP contribution in [-0.2, 0) is 6.54 Å². The first kappa shape index (κ1) is 19.0. The fourth-order valence-electron chi connectivity index (χ4n) is 2.69. The van der Waals surface area contributed by atoms with Gasteiger partial charge in [0.1, 0.15) is 5.75 Å². The Morgan fingerprint density at radius 2 is 2.07 bits per heavy atom. The van der Waals surface area contributed by atoms with Crippen LogP contribution in [0.2, 0.25) is 0 Å². The van der Waals surface area contributed by atoms with Crippen molar-refractivity contribution in [1.82, 2.24) is 9.97 Å². The number of rotatable bonds is 6. The Morgan fingerprint density at radius 1 is 1.21 bits per heavy atom. The second kappa shape index (κ2) is 7.94. The summed E-state index contributed by atoms with van der Waals surface area (Å²) >= 11 is 2.20. The molecule has 0 unspecified atom stereocenters. The molecule has 0 spiro atoms. The first-order chi connectivity index (χ1) is 14.0. The van der Waals surface area contributed by atoms with Crippen LogP contribution in [-0.4, -0.2) is 27.9 Å². The van der Waals surface area contributed by atoms with E-state index in [9.17, 15) is 14.9 Å². The van der Waals surface area contributed by atoms with Crippen LogP contribution in [0.3, 0.4) is 0 Å². The normalized spacial score (nSPS) is 10.8. The van der Waals surface area contributed by atoms with E-state index in [4.69, 9.17) is 4.74 Å². The highest BCUT2D eigenvalue weighted by Crippen LogP contribution is 2.34. The lowest BCUT2D eigenvalue weighted by molar-refractivity contribution is -0.380. The molecule has 3 heterocycles. The van der Waals surface area contributed by atoms with E-state index in [0.717, 1.165) is 16.0 Å². The van der Waals surface area contributed by atoms with Gasteiger partial charge in [-0.25, -0.2) is 4.98 Å². The first-order valence-electron chi connectivity index (χ1n) is 8.46. The SMILES string of the molecule is COc1ccc2sc(N(Cc3ccccn3)C(=O)c3ccc([N+](=O)[O-])s3)nc2c1. The van der Waals surface area contributed by atoms with Crippen molar-refractivity contribution in [3.63, 3.8) is 0 Å². The fraction of sp³-hybridized carbons (Fsp3) is 0.105. The number of ether oxygens (including phenoxy) is 1. The van der Waals surface area contributed by atoms with Crippen LogP contribution in [0.5, 0.6) is 5.75 Å². The zero-order valence-corrected chi connectivity index (χ0v) is 16.8. The molecule has 0 fully saturated rings. The molecule has 0 aliphatic heterocycles. The number of carbonyl (C=O) groups is 1. The van der Waals surface area contributed by atoms with Crippen molar-refractivity contribution in [1.29, 1.82) is 0 Å². The summed E-state index contributed by atoms with van der Waals surface area (Å²) in [6.07, 6.45) is 1.65. The van der Waals surface area contributed by atoms with Gasteiger partial charge in [0, 0.05) is 18.3 Å². The Balaban J connectivity index is 1.75. The Morgan fingerprint density at radius 3 is 2.76 bits per heavy atom. The molecule has 8 nitrogen and oxygen atoms in total. The molecule has 0 bridgehead atoms. The molecule has 0 aliphatic carbocycles. The van der Waals surface area contributed by atoms with Crippen molar-refractivity contribution in [2.45, 2.75) is 6.54 Å². The number of carbonyl (C=O) groups excluding carboxylic acids is 1. The van der Waals surface area contributed by atoms with Crippen LogP contribution >= 0.6 is 22.7 Å². The minimum atomic E-state index is -0.505. The fourth-order valence-corrected chi connectivity index (χ4v) is 4.40. The van der Waals surface area contributed by atoms with E-state index in [1.165, 1.54) is 28.4 Å².